The molecule has 0 aromatic carbocycles. The van der Waals surface area contributed by atoms with Crippen LogP contribution in [0.4, 0.5) is 14.4 Å². The molecular weight excluding hydrogens is 340 g/mol. The third-order valence-corrected chi connectivity index (χ3v) is 5.14. The van der Waals surface area contributed by atoms with Gasteiger partial charge in [-0.25, -0.2) is 14.4 Å². The highest BCUT2D eigenvalue weighted by molar-refractivity contribution is 5.74. The van der Waals surface area contributed by atoms with Crippen molar-refractivity contribution in [2.45, 2.75) is 75.5 Å². The molecule has 2 fully saturated rings. The molecular formula is C17H30N4O5. The molecule has 2 aliphatic rings. The quantitative estimate of drug-likeness (QED) is 0.600. The van der Waals surface area contributed by atoms with Gasteiger partial charge in [-0.2, -0.15) is 0 Å². The molecule has 2 saturated carbocycles. The fourth-order valence-electron chi connectivity index (χ4n) is 3.63. The summed E-state index contributed by atoms with van der Waals surface area (Å²) < 4.78 is 9.21. The summed E-state index contributed by atoms with van der Waals surface area (Å²) in [5.41, 5.74) is 0. The van der Waals surface area contributed by atoms with Gasteiger partial charge < -0.3 is 30.7 Å². The van der Waals surface area contributed by atoms with Crippen LogP contribution in [0.25, 0.3) is 0 Å². The number of carbonyl (C=O) groups is 3. The Morgan fingerprint density at radius 2 is 0.846 bits per heavy atom. The Labute approximate surface area is 153 Å². The van der Waals surface area contributed by atoms with Crippen molar-refractivity contribution < 1.29 is 23.9 Å². The Morgan fingerprint density at radius 1 is 0.577 bits per heavy atom. The lowest BCUT2D eigenvalue weighted by atomic mass is 9.90. The molecule has 0 aromatic rings. The van der Waals surface area contributed by atoms with Gasteiger partial charge in [-0.3, -0.25) is 0 Å². The second-order valence-electron chi connectivity index (χ2n) is 6.99. The maximum atomic E-state index is 12.2. The Balaban J connectivity index is 1.61. The fourth-order valence-corrected chi connectivity index (χ4v) is 3.63. The van der Waals surface area contributed by atoms with Crippen LogP contribution in [0.5, 0.6) is 0 Å². The number of methoxy groups -OCH3 is 2. The van der Waals surface area contributed by atoms with Crippen LogP contribution in [0.15, 0.2) is 0 Å². The average Bonchev–Trinajstić information content (AvgIpc) is 2.64. The molecule has 0 saturated heterocycles. The summed E-state index contributed by atoms with van der Waals surface area (Å²) in [5, 5.41) is 11.6. The minimum atomic E-state index is -0.406. The van der Waals surface area contributed by atoms with Gasteiger partial charge in [-0.1, -0.05) is 0 Å². The van der Waals surface area contributed by atoms with Crippen LogP contribution >= 0.6 is 0 Å². The van der Waals surface area contributed by atoms with Crippen LogP contribution < -0.4 is 21.3 Å². The molecule has 0 atom stereocenters. The molecule has 0 spiro atoms. The largest absolute Gasteiger partial charge is 0.453 e. The van der Waals surface area contributed by atoms with Crippen molar-refractivity contribution in [2.75, 3.05) is 14.2 Å². The van der Waals surface area contributed by atoms with Crippen molar-refractivity contribution in [3.63, 3.8) is 0 Å². The molecule has 0 aliphatic heterocycles. The summed E-state index contributed by atoms with van der Waals surface area (Å²) in [6.45, 7) is 0. The molecule has 0 unspecified atom stereocenters. The maximum Gasteiger partial charge on any atom is 0.407 e. The van der Waals surface area contributed by atoms with Crippen LogP contribution in [-0.4, -0.2) is 56.6 Å². The lowest BCUT2D eigenvalue weighted by molar-refractivity contribution is 0.161. The summed E-state index contributed by atoms with van der Waals surface area (Å²) in [7, 11) is 2.71. The normalized spacial score (nSPS) is 28.4. The summed E-state index contributed by atoms with van der Waals surface area (Å²) in [6, 6.07) is 0.340. The Morgan fingerprint density at radius 3 is 1.12 bits per heavy atom. The first-order chi connectivity index (χ1) is 12.5. The molecule has 0 bridgehead atoms. The number of hydrogen-bond donors (Lipinski definition) is 4. The highest BCUT2D eigenvalue weighted by Crippen LogP contribution is 2.20. The molecule has 0 heterocycles. The molecule has 4 N–H and O–H groups in total. The zero-order valence-electron chi connectivity index (χ0n) is 15.5. The summed E-state index contributed by atoms with van der Waals surface area (Å²) in [5.74, 6) is 0. The molecule has 26 heavy (non-hydrogen) atoms. The van der Waals surface area contributed by atoms with Gasteiger partial charge in [-0.15, -0.1) is 0 Å². The van der Waals surface area contributed by atoms with E-state index in [4.69, 9.17) is 0 Å². The van der Waals surface area contributed by atoms with E-state index in [0.717, 1.165) is 51.4 Å². The molecule has 0 radical (unpaired) electrons. The van der Waals surface area contributed by atoms with Gasteiger partial charge in [0.2, 0.25) is 0 Å². The van der Waals surface area contributed by atoms with Crippen molar-refractivity contribution in [1.82, 2.24) is 21.3 Å². The summed E-state index contributed by atoms with van der Waals surface area (Å²) >= 11 is 0. The van der Waals surface area contributed by atoms with Crippen LogP contribution in [-0.2, 0) is 9.47 Å². The van der Waals surface area contributed by atoms with E-state index >= 15 is 0 Å². The number of amides is 4. The van der Waals surface area contributed by atoms with E-state index in [1.54, 1.807) is 0 Å². The minimum Gasteiger partial charge on any atom is -0.453 e. The van der Waals surface area contributed by atoms with Gasteiger partial charge in [0.05, 0.1) is 14.2 Å². The second kappa shape index (κ2) is 10.1. The zero-order valence-corrected chi connectivity index (χ0v) is 15.5. The van der Waals surface area contributed by atoms with Crippen molar-refractivity contribution >= 4 is 18.2 Å². The van der Waals surface area contributed by atoms with E-state index in [0.29, 0.717) is 0 Å². The maximum absolute atomic E-state index is 12.2. The van der Waals surface area contributed by atoms with Gasteiger partial charge >= 0.3 is 18.2 Å². The number of hydrogen-bond acceptors (Lipinski definition) is 5. The topological polar surface area (TPSA) is 118 Å². The fraction of sp³-hybridized carbons (Fsp3) is 0.824. The molecule has 4 amide bonds. The Kier molecular flexibility index (Phi) is 7.80. The van der Waals surface area contributed by atoms with Crippen LogP contribution in [0.3, 0.4) is 0 Å². The molecule has 0 aromatic heterocycles. The number of alkyl carbamates (subject to hydrolysis) is 2. The number of ether oxygens (including phenoxy) is 2. The number of carbonyl (C=O) groups excluding carboxylic acids is 3. The first-order valence-electron chi connectivity index (χ1n) is 9.26. The highest BCUT2D eigenvalue weighted by atomic mass is 16.5. The predicted octanol–water partition coefficient (Wildman–Crippen LogP) is 1.62. The number of urea groups is 1. The summed E-state index contributed by atoms with van der Waals surface area (Å²) in [6.07, 6.45) is 5.81. The molecule has 2 aliphatic carbocycles. The van der Waals surface area contributed by atoms with Gasteiger partial charge in [0, 0.05) is 24.2 Å². The first-order valence-corrected chi connectivity index (χ1v) is 9.26. The van der Waals surface area contributed by atoms with E-state index in [9.17, 15) is 14.4 Å². The molecule has 9 heteroatoms. The number of nitrogens with one attached hydrogen (secondary N) is 4. The zero-order chi connectivity index (χ0) is 18.9. The number of rotatable bonds is 4. The van der Waals surface area contributed by atoms with Gasteiger partial charge in [-0.05, 0) is 51.4 Å². The van der Waals surface area contributed by atoms with Crippen LogP contribution in [0.1, 0.15) is 51.4 Å². The standard InChI is InChI=1S/C17H30N4O5/c1-25-16(23)20-13-7-3-11(4-8-13)18-15(22)19-12-5-9-14(10-6-12)21-17(24)26-2/h11-14H,3-10H2,1-2H3,(H,20,23)(H,21,24)(H2,18,19,22). The Hall–Kier alpha value is -2.19. The molecule has 2 rings (SSSR count). The lowest BCUT2D eigenvalue weighted by Crippen LogP contribution is -2.50. The van der Waals surface area contributed by atoms with Crippen LogP contribution in [0, 0.1) is 0 Å². The van der Waals surface area contributed by atoms with Gasteiger partial charge in [0.15, 0.2) is 0 Å². The smallest absolute Gasteiger partial charge is 0.407 e. The highest BCUT2D eigenvalue weighted by Gasteiger charge is 2.26. The van der Waals surface area contributed by atoms with Crippen molar-refractivity contribution in [3.8, 4) is 0 Å². The van der Waals surface area contributed by atoms with Gasteiger partial charge in [0.1, 0.15) is 0 Å². The predicted molar refractivity (Wildman–Crippen MR) is 94.8 cm³/mol. The van der Waals surface area contributed by atoms with E-state index in [2.05, 4.69) is 30.7 Å². The average molecular weight is 370 g/mol. The SMILES string of the molecule is COC(=O)NC1CCC(NC(=O)NC2CCC(NC(=O)OC)CC2)CC1. The van der Waals surface area contributed by atoms with E-state index < -0.39 is 12.2 Å². The summed E-state index contributed by atoms with van der Waals surface area (Å²) in [4.78, 5) is 34.6. The van der Waals surface area contributed by atoms with E-state index in [-0.39, 0.29) is 30.2 Å². The van der Waals surface area contributed by atoms with Gasteiger partial charge in [0.25, 0.3) is 0 Å². The molecule has 9 nitrogen and oxygen atoms in total. The first kappa shape index (κ1) is 20.1. The van der Waals surface area contributed by atoms with Crippen molar-refractivity contribution in [1.29, 1.82) is 0 Å². The van der Waals surface area contributed by atoms with E-state index in [1.165, 1.54) is 14.2 Å². The minimum absolute atomic E-state index is 0.112. The van der Waals surface area contributed by atoms with Crippen molar-refractivity contribution in [3.05, 3.63) is 0 Å². The Bertz CT molecular complexity index is 444. The third-order valence-electron chi connectivity index (χ3n) is 5.14. The second-order valence-corrected chi connectivity index (χ2v) is 6.99. The van der Waals surface area contributed by atoms with Crippen molar-refractivity contribution in [2.24, 2.45) is 0 Å². The lowest BCUT2D eigenvalue weighted by Gasteiger charge is -2.32. The van der Waals surface area contributed by atoms with Crippen LogP contribution in [0.2, 0.25) is 0 Å². The third kappa shape index (κ3) is 6.61. The monoisotopic (exact) mass is 370 g/mol. The molecule has 148 valence electrons. The van der Waals surface area contributed by atoms with E-state index in [1.807, 2.05) is 0 Å².